The third-order valence-electron chi connectivity index (χ3n) is 11.7. The largest absolute Gasteiger partial charge is 0.394 e. The summed E-state index contributed by atoms with van der Waals surface area (Å²) < 4.78 is 11.2. The van der Waals surface area contributed by atoms with Gasteiger partial charge < -0.3 is 40.3 Å². The van der Waals surface area contributed by atoms with Crippen LogP contribution in [-0.4, -0.2) is 87.5 Å². The number of hydrogen-bond donors (Lipinski definition) is 6. The number of allylic oxidation sites excluding steroid dienone is 21. The maximum Gasteiger partial charge on any atom is 0.220 e. The summed E-state index contributed by atoms with van der Waals surface area (Å²) in [5.74, 6) is -0.201. The van der Waals surface area contributed by atoms with E-state index in [0.29, 0.717) is 6.42 Å². The van der Waals surface area contributed by atoms with Crippen molar-refractivity contribution in [2.75, 3.05) is 13.2 Å². The van der Waals surface area contributed by atoms with Crippen LogP contribution in [0.3, 0.4) is 0 Å². The maximum absolute atomic E-state index is 13.0. The Bertz CT molecular complexity index is 1530. The van der Waals surface area contributed by atoms with Crippen molar-refractivity contribution in [2.24, 2.45) is 0 Å². The van der Waals surface area contributed by atoms with E-state index >= 15 is 0 Å². The molecule has 390 valence electrons. The zero-order valence-electron chi connectivity index (χ0n) is 43.0. The van der Waals surface area contributed by atoms with E-state index in [1.165, 1.54) is 32.1 Å². The quantitative estimate of drug-likeness (QED) is 0.0261. The minimum Gasteiger partial charge on any atom is -0.394 e. The van der Waals surface area contributed by atoms with Crippen LogP contribution in [0.1, 0.15) is 181 Å². The number of hydrogen-bond acceptors (Lipinski definition) is 8. The van der Waals surface area contributed by atoms with Crippen LogP contribution < -0.4 is 5.32 Å². The molecule has 1 heterocycles. The van der Waals surface area contributed by atoms with Crippen molar-refractivity contribution in [3.05, 3.63) is 134 Å². The van der Waals surface area contributed by atoms with Crippen molar-refractivity contribution in [2.45, 2.75) is 224 Å². The smallest absolute Gasteiger partial charge is 0.220 e. The highest BCUT2D eigenvalue weighted by Gasteiger charge is 2.44. The minimum atomic E-state index is -1.58. The van der Waals surface area contributed by atoms with Crippen LogP contribution in [0.2, 0.25) is 0 Å². The lowest BCUT2D eigenvalue weighted by Gasteiger charge is -2.40. The van der Waals surface area contributed by atoms with Gasteiger partial charge in [0.25, 0.3) is 0 Å². The molecule has 1 saturated heterocycles. The van der Waals surface area contributed by atoms with Gasteiger partial charge in [0, 0.05) is 6.42 Å². The summed E-state index contributed by atoms with van der Waals surface area (Å²) in [6.45, 7) is 3.59. The Kier molecular flexibility index (Phi) is 44.0. The minimum absolute atomic E-state index is 0.201. The van der Waals surface area contributed by atoms with Gasteiger partial charge in [0.15, 0.2) is 6.29 Å². The molecule has 6 N–H and O–H groups in total. The van der Waals surface area contributed by atoms with Crippen molar-refractivity contribution in [1.82, 2.24) is 5.32 Å². The fourth-order valence-electron chi connectivity index (χ4n) is 7.48. The van der Waals surface area contributed by atoms with E-state index < -0.39 is 49.5 Å². The van der Waals surface area contributed by atoms with Crippen LogP contribution in [-0.2, 0) is 14.3 Å². The van der Waals surface area contributed by atoms with Gasteiger partial charge in [-0.1, -0.05) is 212 Å². The van der Waals surface area contributed by atoms with E-state index in [1.54, 1.807) is 6.08 Å². The van der Waals surface area contributed by atoms with Crippen LogP contribution in [0.15, 0.2) is 134 Å². The molecular formula is C60H97NO8. The van der Waals surface area contributed by atoms with Crippen LogP contribution in [0.4, 0.5) is 0 Å². The summed E-state index contributed by atoms with van der Waals surface area (Å²) >= 11 is 0. The standard InChI is InChI=1S/C60H97NO8/c1-3-5-7-9-11-13-14-15-16-17-18-19-20-21-22-23-24-25-26-27-28-29-30-31-32-33-34-35-36-37-38-39-40-42-44-46-48-50-56(64)61-53(54(63)49-47-45-43-41-12-10-8-6-4-2)52-68-60-59(67)58(66)57(65)55(51-62)69-60/h5,7,11,13,15-16,18-19,21-22,24-25,27-28,30-31,33-34,36-37,47,49,53-55,57-60,62-63,65-67H,3-4,6,8-10,12,14,17,20,23,26,29,32,35,38-46,48,50-52H2,1-2H3,(H,61,64)/b7-5-,13-11-,16-15-,19-18-,22-21-,25-24-,28-27-,31-30-,34-33-,37-36-,49-47+. The fourth-order valence-corrected chi connectivity index (χ4v) is 7.48. The van der Waals surface area contributed by atoms with Gasteiger partial charge in [-0.05, 0) is 96.3 Å². The topological polar surface area (TPSA) is 149 Å². The predicted octanol–water partition coefficient (Wildman–Crippen LogP) is 12.9. The van der Waals surface area contributed by atoms with Crippen molar-refractivity contribution in [3.63, 3.8) is 0 Å². The van der Waals surface area contributed by atoms with E-state index in [0.717, 1.165) is 128 Å². The number of carbonyl (C=O) groups is 1. The molecule has 1 rings (SSSR count). The Morgan fingerprint density at radius 1 is 0.507 bits per heavy atom. The molecule has 7 unspecified atom stereocenters. The van der Waals surface area contributed by atoms with Gasteiger partial charge in [0.05, 0.1) is 25.4 Å². The summed E-state index contributed by atoms with van der Waals surface area (Å²) in [6, 6.07) is -0.820. The normalized spacial score (nSPS) is 20.6. The van der Waals surface area contributed by atoms with Gasteiger partial charge in [0.2, 0.25) is 5.91 Å². The molecule has 1 aliphatic heterocycles. The first-order chi connectivity index (χ1) is 33.8. The molecule has 0 bridgehead atoms. The predicted molar refractivity (Wildman–Crippen MR) is 290 cm³/mol. The second kappa shape index (κ2) is 48.0. The third kappa shape index (κ3) is 37.8. The SMILES string of the molecule is CC/C=C\C/C=C\C/C=C\C/C=C\C/C=C\C/C=C\C/C=C\C/C=C\C/C=C\C/C=C\CCCCCCCCC(=O)NC(COC1OC(CO)C(O)C(O)C1O)C(O)/C=C/CCCCCCCCC. The molecule has 0 saturated carbocycles. The Morgan fingerprint density at radius 3 is 1.33 bits per heavy atom. The second-order valence-corrected chi connectivity index (χ2v) is 17.9. The van der Waals surface area contributed by atoms with Gasteiger partial charge in [-0.3, -0.25) is 4.79 Å². The summed E-state index contributed by atoms with van der Waals surface area (Å²) in [5, 5.41) is 54.1. The molecule has 1 aliphatic rings. The first-order valence-corrected chi connectivity index (χ1v) is 26.9. The van der Waals surface area contributed by atoms with Crippen molar-refractivity contribution >= 4 is 5.91 Å². The number of aliphatic hydroxyl groups is 5. The van der Waals surface area contributed by atoms with E-state index in [9.17, 15) is 30.3 Å². The second-order valence-electron chi connectivity index (χ2n) is 17.9. The molecule has 9 nitrogen and oxygen atoms in total. The number of amides is 1. The molecule has 1 amide bonds. The lowest BCUT2D eigenvalue weighted by atomic mass is 9.99. The highest BCUT2D eigenvalue weighted by Crippen LogP contribution is 2.22. The first-order valence-electron chi connectivity index (χ1n) is 26.9. The molecule has 0 radical (unpaired) electrons. The number of aliphatic hydroxyl groups excluding tert-OH is 5. The number of unbranched alkanes of at least 4 members (excludes halogenated alkanes) is 13. The van der Waals surface area contributed by atoms with Crippen molar-refractivity contribution < 1.29 is 39.8 Å². The maximum atomic E-state index is 13.0. The summed E-state index contributed by atoms with van der Waals surface area (Å²) in [7, 11) is 0. The summed E-state index contributed by atoms with van der Waals surface area (Å²) in [4.78, 5) is 13.0. The molecule has 9 heteroatoms. The van der Waals surface area contributed by atoms with Gasteiger partial charge in [-0.15, -0.1) is 0 Å². The molecule has 1 fully saturated rings. The molecule has 0 spiro atoms. The van der Waals surface area contributed by atoms with Crippen LogP contribution >= 0.6 is 0 Å². The van der Waals surface area contributed by atoms with Gasteiger partial charge in [-0.2, -0.15) is 0 Å². The third-order valence-corrected chi connectivity index (χ3v) is 11.7. The fraction of sp³-hybridized carbons (Fsp3) is 0.617. The monoisotopic (exact) mass is 960 g/mol. The van der Waals surface area contributed by atoms with Crippen LogP contribution in [0, 0.1) is 0 Å². The van der Waals surface area contributed by atoms with Crippen molar-refractivity contribution in [1.29, 1.82) is 0 Å². The highest BCUT2D eigenvalue weighted by atomic mass is 16.7. The van der Waals surface area contributed by atoms with E-state index in [1.807, 2.05) is 6.08 Å². The van der Waals surface area contributed by atoms with Gasteiger partial charge in [0.1, 0.15) is 24.4 Å². The van der Waals surface area contributed by atoms with Crippen LogP contribution in [0.25, 0.3) is 0 Å². The average molecular weight is 960 g/mol. The number of nitrogens with one attached hydrogen (secondary N) is 1. The Morgan fingerprint density at radius 2 is 0.899 bits per heavy atom. The van der Waals surface area contributed by atoms with Crippen molar-refractivity contribution in [3.8, 4) is 0 Å². The molecule has 69 heavy (non-hydrogen) atoms. The zero-order valence-corrected chi connectivity index (χ0v) is 43.0. The van der Waals surface area contributed by atoms with E-state index in [4.69, 9.17) is 9.47 Å². The zero-order chi connectivity index (χ0) is 50.1. The van der Waals surface area contributed by atoms with Crippen LogP contribution in [0.5, 0.6) is 0 Å². The molecule has 0 aromatic rings. The molecule has 0 aromatic heterocycles. The highest BCUT2D eigenvalue weighted by molar-refractivity contribution is 5.76. The average Bonchev–Trinajstić information content (AvgIpc) is 3.35. The molecular weight excluding hydrogens is 863 g/mol. The Hall–Kier alpha value is -3.67. The molecule has 0 aliphatic carbocycles. The molecule has 7 atom stereocenters. The number of carbonyl (C=O) groups excluding carboxylic acids is 1. The Labute approximate surface area is 420 Å². The summed E-state index contributed by atoms with van der Waals surface area (Å²) in [5.41, 5.74) is 0. The molecule has 0 aromatic carbocycles. The van der Waals surface area contributed by atoms with Gasteiger partial charge in [-0.25, -0.2) is 0 Å². The summed E-state index contributed by atoms with van der Waals surface area (Å²) in [6.07, 6.45) is 66.7. The van der Waals surface area contributed by atoms with E-state index in [-0.39, 0.29) is 12.5 Å². The number of ether oxygens (including phenoxy) is 2. The number of rotatable bonds is 43. The Balaban J connectivity index is 2.17. The first kappa shape index (κ1) is 63.3. The lowest BCUT2D eigenvalue weighted by Crippen LogP contribution is -2.60. The van der Waals surface area contributed by atoms with E-state index in [2.05, 4.69) is 141 Å². The van der Waals surface area contributed by atoms with Gasteiger partial charge >= 0.3 is 0 Å². The lowest BCUT2D eigenvalue weighted by molar-refractivity contribution is -0.302.